The van der Waals surface area contributed by atoms with E-state index in [9.17, 15) is 14.0 Å². The molecule has 0 atom stereocenters. The van der Waals surface area contributed by atoms with Crippen molar-refractivity contribution in [3.63, 3.8) is 0 Å². The van der Waals surface area contributed by atoms with Crippen molar-refractivity contribution in [2.24, 2.45) is 0 Å². The lowest BCUT2D eigenvalue weighted by atomic mass is 10.1. The van der Waals surface area contributed by atoms with Gasteiger partial charge in [0.25, 0.3) is 5.91 Å². The lowest BCUT2D eigenvalue weighted by molar-refractivity contribution is -0.135. The van der Waals surface area contributed by atoms with E-state index in [1.54, 1.807) is 19.1 Å². The number of hydrogen-bond acceptors (Lipinski definition) is 2. The number of aryl methyl sites for hydroxylation is 1. The number of hydrogen-bond donors (Lipinski definition) is 1. The Morgan fingerprint density at radius 1 is 1.39 bits per heavy atom. The molecule has 1 fully saturated rings. The maximum absolute atomic E-state index is 13.3. The van der Waals surface area contributed by atoms with E-state index >= 15 is 0 Å². The largest absolute Gasteiger partial charge is 0.273 e. The Kier molecular flexibility index (Phi) is 3.60. The predicted octanol–water partition coefficient (Wildman–Crippen LogP) is 1.79. The molecule has 1 N–H and O–H groups in total. The lowest BCUT2D eigenvalue weighted by Gasteiger charge is -2.26. The second-order valence-electron chi connectivity index (χ2n) is 4.41. The van der Waals surface area contributed by atoms with Gasteiger partial charge in [-0.05, 0) is 37.5 Å². The zero-order valence-corrected chi connectivity index (χ0v) is 10.2. The molecule has 1 aromatic rings. The Bertz CT molecular complexity index is 488. The Morgan fingerprint density at radius 3 is 2.83 bits per heavy atom. The van der Waals surface area contributed by atoms with Crippen LogP contribution in [0.15, 0.2) is 18.2 Å². The van der Waals surface area contributed by atoms with Gasteiger partial charge in [0.2, 0.25) is 5.91 Å². The molecule has 4 nitrogen and oxygen atoms in total. The maximum Gasteiger partial charge on any atom is 0.269 e. The van der Waals surface area contributed by atoms with E-state index < -0.39 is 11.7 Å². The molecular weight excluding hydrogens is 235 g/mol. The van der Waals surface area contributed by atoms with E-state index in [1.165, 1.54) is 11.1 Å². The minimum absolute atomic E-state index is 0.0952. The molecule has 5 heteroatoms. The zero-order chi connectivity index (χ0) is 13.1. The van der Waals surface area contributed by atoms with Crippen LogP contribution in [0.1, 0.15) is 35.2 Å². The van der Waals surface area contributed by atoms with Crippen molar-refractivity contribution in [2.45, 2.75) is 26.2 Å². The molecular formula is C13H15FN2O2. The fourth-order valence-electron chi connectivity index (χ4n) is 1.85. The minimum Gasteiger partial charge on any atom is -0.273 e. The number of benzene rings is 1. The normalized spacial score (nSPS) is 15.7. The summed E-state index contributed by atoms with van der Waals surface area (Å²) in [6.07, 6.45) is 2.17. The van der Waals surface area contributed by atoms with Gasteiger partial charge in [0.05, 0.1) is 0 Å². The topological polar surface area (TPSA) is 49.4 Å². The number of nitrogens with one attached hydrogen (secondary N) is 1. The zero-order valence-electron chi connectivity index (χ0n) is 10.2. The molecule has 1 saturated heterocycles. The third-order valence-corrected chi connectivity index (χ3v) is 2.99. The van der Waals surface area contributed by atoms with Crippen LogP contribution >= 0.6 is 0 Å². The van der Waals surface area contributed by atoms with Gasteiger partial charge in [0.1, 0.15) is 5.82 Å². The first-order chi connectivity index (χ1) is 8.58. The molecule has 2 amide bonds. The molecule has 1 heterocycles. The number of nitrogens with zero attached hydrogens (tertiary/aromatic N) is 1. The molecule has 0 aliphatic carbocycles. The van der Waals surface area contributed by atoms with Crippen LogP contribution in [0.5, 0.6) is 0 Å². The Labute approximate surface area is 105 Å². The first kappa shape index (κ1) is 12.5. The molecule has 96 valence electrons. The van der Waals surface area contributed by atoms with Crippen molar-refractivity contribution in [1.82, 2.24) is 10.4 Å². The summed E-state index contributed by atoms with van der Waals surface area (Å²) in [7, 11) is 0. The van der Waals surface area contributed by atoms with Gasteiger partial charge in [-0.15, -0.1) is 0 Å². The van der Waals surface area contributed by atoms with E-state index in [-0.39, 0.29) is 11.5 Å². The predicted molar refractivity (Wildman–Crippen MR) is 64.2 cm³/mol. The fourth-order valence-corrected chi connectivity index (χ4v) is 1.85. The second-order valence-corrected chi connectivity index (χ2v) is 4.41. The fraction of sp³-hybridized carbons (Fsp3) is 0.385. The van der Waals surface area contributed by atoms with Crippen LogP contribution in [0, 0.1) is 12.7 Å². The molecule has 1 aliphatic rings. The second kappa shape index (κ2) is 5.16. The van der Waals surface area contributed by atoms with Crippen molar-refractivity contribution in [2.75, 3.05) is 6.54 Å². The highest BCUT2D eigenvalue weighted by molar-refractivity contribution is 5.95. The van der Waals surface area contributed by atoms with Gasteiger partial charge in [-0.25, -0.2) is 4.39 Å². The molecule has 1 aromatic carbocycles. The van der Waals surface area contributed by atoms with Crippen molar-refractivity contribution < 1.29 is 14.0 Å². The minimum atomic E-state index is -0.454. The molecule has 1 aliphatic heterocycles. The van der Waals surface area contributed by atoms with E-state index in [0.29, 0.717) is 18.5 Å². The maximum atomic E-state index is 13.3. The number of rotatable bonds is 2. The van der Waals surface area contributed by atoms with Gasteiger partial charge in [0, 0.05) is 18.5 Å². The molecule has 0 aromatic heterocycles. The van der Waals surface area contributed by atoms with Crippen molar-refractivity contribution >= 4 is 11.8 Å². The van der Waals surface area contributed by atoms with Gasteiger partial charge >= 0.3 is 0 Å². The number of carbonyl (C=O) groups is 2. The summed E-state index contributed by atoms with van der Waals surface area (Å²) in [6, 6.07) is 4.27. The number of piperidine rings is 1. The summed E-state index contributed by atoms with van der Waals surface area (Å²) in [4.78, 5) is 23.4. The number of hydrazine groups is 1. The molecule has 0 saturated carbocycles. The number of halogens is 1. The standard InChI is InChI=1S/C13H15FN2O2/c1-9-5-6-10(8-11(9)14)13(18)15-16-7-3-2-4-12(16)17/h5-6,8H,2-4,7H2,1H3,(H,15,18). The highest BCUT2D eigenvalue weighted by atomic mass is 19.1. The van der Waals surface area contributed by atoms with Crippen LogP contribution in [-0.2, 0) is 4.79 Å². The molecule has 2 rings (SSSR count). The molecule has 18 heavy (non-hydrogen) atoms. The van der Waals surface area contributed by atoms with E-state index in [2.05, 4.69) is 5.43 Å². The summed E-state index contributed by atoms with van der Waals surface area (Å²) in [6.45, 7) is 2.14. The highest BCUT2D eigenvalue weighted by Crippen LogP contribution is 2.11. The molecule has 0 spiro atoms. The van der Waals surface area contributed by atoms with E-state index in [0.717, 1.165) is 12.8 Å². The van der Waals surface area contributed by atoms with Crippen molar-refractivity contribution in [1.29, 1.82) is 0 Å². The Balaban J connectivity index is 2.07. The third-order valence-electron chi connectivity index (χ3n) is 2.99. The van der Waals surface area contributed by atoms with E-state index in [1.807, 2.05) is 0 Å². The van der Waals surface area contributed by atoms with Gasteiger partial charge < -0.3 is 0 Å². The summed E-state index contributed by atoms with van der Waals surface area (Å²) in [5.74, 6) is -0.973. The molecule has 0 unspecified atom stereocenters. The summed E-state index contributed by atoms with van der Waals surface area (Å²) >= 11 is 0. The average molecular weight is 250 g/mol. The first-order valence-corrected chi connectivity index (χ1v) is 5.95. The summed E-state index contributed by atoms with van der Waals surface area (Å²) in [5.41, 5.74) is 3.22. The first-order valence-electron chi connectivity index (χ1n) is 5.95. The molecule has 0 radical (unpaired) electrons. The smallest absolute Gasteiger partial charge is 0.269 e. The van der Waals surface area contributed by atoms with Gasteiger partial charge in [-0.1, -0.05) is 6.07 Å². The van der Waals surface area contributed by atoms with E-state index in [4.69, 9.17) is 0 Å². The van der Waals surface area contributed by atoms with Crippen molar-refractivity contribution in [3.8, 4) is 0 Å². The third kappa shape index (κ3) is 2.67. The quantitative estimate of drug-likeness (QED) is 0.870. The van der Waals surface area contributed by atoms with Crippen LogP contribution < -0.4 is 5.43 Å². The average Bonchev–Trinajstić information content (AvgIpc) is 2.35. The van der Waals surface area contributed by atoms with Crippen LogP contribution in [0.4, 0.5) is 4.39 Å². The Morgan fingerprint density at radius 2 is 2.17 bits per heavy atom. The highest BCUT2D eigenvalue weighted by Gasteiger charge is 2.20. The van der Waals surface area contributed by atoms with Crippen LogP contribution in [-0.4, -0.2) is 23.4 Å². The summed E-state index contributed by atoms with van der Waals surface area (Å²) in [5, 5.41) is 1.31. The van der Waals surface area contributed by atoms with Gasteiger partial charge in [0.15, 0.2) is 0 Å². The van der Waals surface area contributed by atoms with Crippen molar-refractivity contribution in [3.05, 3.63) is 35.1 Å². The van der Waals surface area contributed by atoms with Crippen LogP contribution in [0.3, 0.4) is 0 Å². The SMILES string of the molecule is Cc1ccc(C(=O)NN2CCCCC2=O)cc1F. The van der Waals surface area contributed by atoms with Crippen LogP contribution in [0.25, 0.3) is 0 Å². The van der Waals surface area contributed by atoms with Gasteiger partial charge in [-0.3, -0.25) is 20.0 Å². The van der Waals surface area contributed by atoms with Gasteiger partial charge in [-0.2, -0.15) is 0 Å². The van der Waals surface area contributed by atoms with Crippen LogP contribution in [0.2, 0.25) is 0 Å². The lowest BCUT2D eigenvalue weighted by Crippen LogP contribution is -2.48. The number of amides is 2. The monoisotopic (exact) mass is 250 g/mol. The Hall–Kier alpha value is -1.91. The molecule has 0 bridgehead atoms. The number of carbonyl (C=O) groups excluding carboxylic acids is 2. The summed E-state index contributed by atoms with van der Waals surface area (Å²) < 4.78 is 13.3.